The second-order valence-electron chi connectivity index (χ2n) is 5.50. The summed E-state index contributed by atoms with van der Waals surface area (Å²) in [6.45, 7) is 2.78. The van der Waals surface area contributed by atoms with Crippen molar-refractivity contribution in [3.05, 3.63) is 30.1 Å². The first kappa shape index (κ1) is 17.6. The highest BCUT2D eigenvalue weighted by Gasteiger charge is 2.39. The Bertz CT molecular complexity index is 564. The third kappa shape index (κ3) is 3.60. The second-order valence-corrected chi connectivity index (χ2v) is 7.67. The van der Waals surface area contributed by atoms with Crippen molar-refractivity contribution in [2.45, 2.75) is 24.1 Å². The lowest BCUT2D eigenvalue weighted by Gasteiger charge is -2.38. The Morgan fingerprint density at radius 2 is 2.27 bits per heavy atom. The summed E-state index contributed by atoms with van der Waals surface area (Å²) in [6, 6.07) is 3.60. The molecule has 2 aliphatic rings. The van der Waals surface area contributed by atoms with E-state index in [1.54, 1.807) is 16.7 Å². The number of ether oxygens (including phenoxy) is 1. The van der Waals surface area contributed by atoms with Crippen LogP contribution in [0.1, 0.15) is 24.4 Å². The number of hydrogen-bond donors (Lipinski definition) is 1. The van der Waals surface area contributed by atoms with Gasteiger partial charge in [-0.3, -0.25) is 4.98 Å². The van der Waals surface area contributed by atoms with Crippen LogP contribution in [0.2, 0.25) is 0 Å². The van der Waals surface area contributed by atoms with Crippen LogP contribution in [0.4, 0.5) is 0 Å². The maximum absolute atomic E-state index is 12.9. The van der Waals surface area contributed by atoms with Crippen LogP contribution in [0.15, 0.2) is 24.5 Å². The van der Waals surface area contributed by atoms with Gasteiger partial charge in [0.1, 0.15) is 0 Å². The van der Waals surface area contributed by atoms with Gasteiger partial charge in [0.05, 0.1) is 17.9 Å². The lowest BCUT2D eigenvalue weighted by Crippen LogP contribution is -2.52. The molecule has 0 spiro atoms. The molecule has 22 heavy (non-hydrogen) atoms. The summed E-state index contributed by atoms with van der Waals surface area (Å²) in [4.78, 5) is 4.11. The number of nitrogens with one attached hydrogen (secondary N) is 1. The lowest BCUT2D eigenvalue weighted by molar-refractivity contribution is 0.0963. The fourth-order valence-corrected chi connectivity index (χ4v) is 5.00. The van der Waals surface area contributed by atoms with E-state index >= 15 is 0 Å². The largest absolute Gasteiger partial charge is 0.380 e. The predicted octanol–water partition coefficient (Wildman–Crippen LogP) is 0.958. The molecule has 1 aromatic rings. The van der Waals surface area contributed by atoms with Crippen molar-refractivity contribution in [1.82, 2.24) is 14.6 Å². The molecule has 2 fully saturated rings. The molecule has 0 radical (unpaired) electrons. The molecule has 0 aromatic carbocycles. The smallest absolute Gasteiger partial charge is 0.219 e. The number of pyridine rings is 1. The average molecular weight is 348 g/mol. The van der Waals surface area contributed by atoms with Crippen LogP contribution >= 0.6 is 12.4 Å². The summed E-state index contributed by atoms with van der Waals surface area (Å²) >= 11 is 0. The van der Waals surface area contributed by atoms with Gasteiger partial charge in [-0.25, -0.2) is 8.42 Å². The van der Waals surface area contributed by atoms with Gasteiger partial charge in [-0.15, -0.1) is 12.4 Å². The summed E-state index contributed by atoms with van der Waals surface area (Å²) in [7, 11) is -3.34. The Labute approximate surface area is 137 Å². The maximum atomic E-state index is 12.9. The van der Waals surface area contributed by atoms with Gasteiger partial charge in [0.15, 0.2) is 0 Å². The number of sulfonamides is 1. The van der Waals surface area contributed by atoms with Gasteiger partial charge in [-0.05, 0) is 24.5 Å². The Morgan fingerprint density at radius 1 is 1.41 bits per heavy atom. The standard InChI is InChI=1S/C14H21N3O3S.ClH/c18-21(19,13-4-2-8-20-11-13)17-7-6-16-10-14(17)12-3-1-5-15-9-12;/h1,3,5,9,13-14,16H,2,4,6-8,10-11H2;1H. The summed E-state index contributed by atoms with van der Waals surface area (Å²) < 4.78 is 32.8. The van der Waals surface area contributed by atoms with Crippen molar-refractivity contribution < 1.29 is 13.2 Å². The first-order valence-corrected chi connectivity index (χ1v) is 8.89. The molecule has 0 aliphatic carbocycles. The molecular weight excluding hydrogens is 326 g/mol. The fraction of sp³-hybridized carbons (Fsp3) is 0.643. The van der Waals surface area contributed by atoms with Crippen molar-refractivity contribution in [2.75, 3.05) is 32.8 Å². The first-order chi connectivity index (χ1) is 10.2. The second kappa shape index (κ2) is 7.70. The quantitative estimate of drug-likeness (QED) is 0.881. The average Bonchev–Trinajstić information content (AvgIpc) is 2.56. The molecule has 2 aliphatic heterocycles. The van der Waals surface area contributed by atoms with E-state index in [-0.39, 0.29) is 18.4 Å². The number of piperazine rings is 1. The molecule has 6 nitrogen and oxygen atoms in total. The lowest BCUT2D eigenvalue weighted by atomic mass is 10.1. The number of rotatable bonds is 3. The number of aromatic nitrogens is 1. The number of hydrogen-bond acceptors (Lipinski definition) is 5. The fourth-order valence-electron chi connectivity index (χ4n) is 2.99. The van der Waals surface area contributed by atoms with Gasteiger partial charge in [0.25, 0.3) is 0 Å². The van der Waals surface area contributed by atoms with Gasteiger partial charge in [0.2, 0.25) is 10.0 Å². The zero-order valence-electron chi connectivity index (χ0n) is 12.3. The van der Waals surface area contributed by atoms with E-state index in [1.807, 2.05) is 12.1 Å². The van der Waals surface area contributed by atoms with Crippen LogP contribution in [0.5, 0.6) is 0 Å². The maximum Gasteiger partial charge on any atom is 0.219 e. The molecule has 3 rings (SSSR count). The van der Waals surface area contributed by atoms with E-state index in [4.69, 9.17) is 4.74 Å². The summed E-state index contributed by atoms with van der Waals surface area (Å²) in [6.07, 6.45) is 4.95. The molecule has 1 N–H and O–H groups in total. The van der Waals surface area contributed by atoms with E-state index in [0.717, 1.165) is 12.0 Å². The van der Waals surface area contributed by atoms with Gasteiger partial charge in [0, 0.05) is 38.6 Å². The minimum atomic E-state index is -3.34. The summed E-state index contributed by atoms with van der Waals surface area (Å²) in [5, 5.41) is 2.86. The summed E-state index contributed by atoms with van der Waals surface area (Å²) in [5.41, 5.74) is 0.935. The Morgan fingerprint density at radius 3 is 2.95 bits per heavy atom. The van der Waals surface area contributed by atoms with Crippen molar-refractivity contribution in [3.8, 4) is 0 Å². The van der Waals surface area contributed by atoms with Crippen LogP contribution in [0.25, 0.3) is 0 Å². The highest BCUT2D eigenvalue weighted by Crippen LogP contribution is 2.28. The minimum absolute atomic E-state index is 0. The number of halogens is 1. The number of nitrogens with zero attached hydrogens (tertiary/aromatic N) is 2. The molecule has 2 unspecified atom stereocenters. The molecule has 0 amide bonds. The van der Waals surface area contributed by atoms with Gasteiger partial charge >= 0.3 is 0 Å². The van der Waals surface area contributed by atoms with Crippen LogP contribution in [-0.4, -0.2) is 55.8 Å². The highest BCUT2D eigenvalue weighted by atomic mass is 35.5. The normalized spacial score (nSPS) is 27.1. The van der Waals surface area contributed by atoms with Crippen molar-refractivity contribution >= 4 is 22.4 Å². The van der Waals surface area contributed by atoms with Crippen molar-refractivity contribution in [2.24, 2.45) is 0 Å². The third-order valence-electron chi connectivity index (χ3n) is 4.13. The Kier molecular flexibility index (Phi) is 6.17. The Hall–Kier alpha value is -0.730. The molecule has 8 heteroatoms. The van der Waals surface area contributed by atoms with E-state index in [9.17, 15) is 8.42 Å². The zero-order chi connectivity index (χ0) is 14.7. The van der Waals surface area contributed by atoms with Gasteiger partial charge in [-0.1, -0.05) is 6.07 Å². The molecule has 0 bridgehead atoms. The summed E-state index contributed by atoms with van der Waals surface area (Å²) in [5.74, 6) is 0. The van der Waals surface area contributed by atoms with E-state index < -0.39 is 15.3 Å². The van der Waals surface area contributed by atoms with Crippen molar-refractivity contribution in [1.29, 1.82) is 0 Å². The molecule has 0 saturated carbocycles. The molecule has 2 atom stereocenters. The third-order valence-corrected chi connectivity index (χ3v) is 6.44. The monoisotopic (exact) mass is 347 g/mol. The van der Waals surface area contributed by atoms with Crippen LogP contribution in [0.3, 0.4) is 0 Å². The zero-order valence-corrected chi connectivity index (χ0v) is 14.0. The van der Waals surface area contributed by atoms with Gasteiger partial charge < -0.3 is 10.1 Å². The predicted molar refractivity (Wildman–Crippen MR) is 86.6 cm³/mol. The molecular formula is C14H22ClN3O3S. The topological polar surface area (TPSA) is 71.5 Å². The first-order valence-electron chi connectivity index (χ1n) is 7.38. The molecule has 2 saturated heterocycles. The molecule has 3 heterocycles. The SMILES string of the molecule is Cl.O=S(=O)(C1CCCOC1)N1CCNCC1c1cccnc1. The molecule has 1 aromatic heterocycles. The van der Waals surface area contributed by atoms with Crippen LogP contribution in [0, 0.1) is 0 Å². The van der Waals surface area contributed by atoms with E-state index in [0.29, 0.717) is 39.3 Å². The van der Waals surface area contributed by atoms with Crippen LogP contribution < -0.4 is 5.32 Å². The van der Waals surface area contributed by atoms with Gasteiger partial charge in [-0.2, -0.15) is 4.31 Å². The van der Waals surface area contributed by atoms with E-state index in [2.05, 4.69) is 10.3 Å². The minimum Gasteiger partial charge on any atom is -0.380 e. The van der Waals surface area contributed by atoms with Crippen molar-refractivity contribution in [3.63, 3.8) is 0 Å². The van der Waals surface area contributed by atoms with Crippen LogP contribution in [-0.2, 0) is 14.8 Å². The Balaban J connectivity index is 0.00000176. The highest BCUT2D eigenvalue weighted by molar-refractivity contribution is 7.89. The molecule has 124 valence electrons. The van der Waals surface area contributed by atoms with E-state index in [1.165, 1.54) is 0 Å².